The van der Waals surface area contributed by atoms with Gasteiger partial charge in [0.1, 0.15) is 71.2 Å². The first kappa shape index (κ1) is 103. The fourth-order valence-corrected chi connectivity index (χ4v) is 13.6. The molecule has 0 spiro atoms. The van der Waals surface area contributed by atoms with E-state index < -0.39 is 197 Å². The maximum absolute atomic E-state index is 15.2. The minimum atomic E-state index is -1.91. The monoisotopic (exact) mass is 1700 g/mol. The second kappa shape index (κ2) is 50.1. The van der Waals surface area contributed by atoms with Crippen LogP contribution in [-0.2, 0) is 96.0 Å². The summed E-state index contributed by atoms with van der Waals surface area (Å²) in [7, 11) is 0. The number of aliphatic hydroxyl groups is 2. The molecule has 122 heavy (non-hydrogen) atoms. The summed E-state index contributed by atoms with van der Waals surface area (Å²) in [6.45, 7) is 16.6. The predicted molar refractivity (Wildman–Crippen MR) is 457 cm³/mol. The van der Waals surface area contributed by atoms with Crippen LogP contribution in [0, 0.1) is 17.8 Å². The van der Waals surface area contributed by atoms with E-state index in [4.69, 9.17) is 11.5 Å². The minimum absolute atomic E-state index is 0. The van der Waals surface area contributed by atoms with E-state index in [2.05, 4.69) is 74.1 Å². The number of aromatic nitrogens is 1. The normalized spacial score (nSPS) is 22.6. The summed E-state index contributed by atoms with van der Waals surface area (Å²) in [4.78, 5) is 229. The largest absolute Gasteiger partial charge is 0.508 e. The van der Waals surface area contributed by atoms with E-state index in [0.717, 1.165) is 0 Å². The number of aliphatic hydroxyl groups excluding tert-OH is 2. The molecule has 5 rings (SSSR count). The molecule has 3 unspecified atom stereocenters. The highest BCUT2D eigenvalue weighted by Gasteiger charge is 2.43. The zero-order chi connectivity index (χ0) is 90.0. The Morgan fingerprint density at radius 3 is 1.80 bits per heavy atom. The Kier molecular flexibility index (Phi) is 42.2. The van der Waals surface area contributed by atoms with Crippen molar-refractivity contribution in [2.24, 2.45) is 29.2 Å². The van der Waals surface area contributed by atoms with Crippen LogP contribution >= 0.6 is 0 Å². The maximum atomic E-state index is 15.2. The average molecular weight is 1700 g/mol. The molecule has 15 atom stereocenters. The van der Waals surface area contributed by atoms with Gasteiger partial charge in [-0.05, 0) is 153 Å². The number of nitrogens with one attached hydrogen (secondary N) is 14. The molecule has 672 valence electrons. The van der Waals surface area contributed by atoms with E-state index in [-0.39, 0.29) is 95.8 Å². The number of primary amides is 2. The van der Waals surface area contributed by atoms with E-state index in [9.17, 15) is 72.9 Å². The number of phenolic OH excluding ortho intramolecular Hbond substituents is 1. The van der Waals surface area contributed by atoms with Crippen LogP contribution in [0.4, 0.5) is 0 Å². The van der Waals surface area contributed by atoms with Crippen molar-refractivity contribution in [1.29, 1.82) is 0 Å². The molecule has 0 aliphatic carbocycles. The van der Waals surface area contributed by atoms with Gasteiger partial charge in [-0.15, -0.1) is 0 Å². The number of aromatic amines is 1. The summed E-state index contributed by atoms with van der Waals surface area (Å²) in [5, 5.41) is 67.0. The lowest BCUT2D eigenvalue weighted by Crippen LogP contribution is -2.64. The molecule has 0 saturated heterocycles. The van der Waals surface area contributed by atoms with Gasteiger partial charge in [0.2, 0.25) is 94.3 Å². The lowest BCUT2D eigenvalue weighted by atomic mass is 9.90. The number of allylic oxidation sites excluding steroid dienone is 2. The van der Waals surface area contributed by atoms with E-state index >= 15 is 19.2 Å². The van der Waals surface area contributed by atoms with Gasteiger partial charge in [-0.1, -0.05) is 134 Å². The lowest BCUT2D eigenvalue weighted by molar-refractivity contribution is -0.140. The number of nitrogens with two attached hydrogens (primary N) is 2. The number of carbonyl (C=O) groups is 16. The van der Waals surface area contributed by atoms with Gasteiger partial charge in [-0.2, -0.15) is 0 Å². The highest BCUT2D eigenvalue weighted by atomic mass is 16.3. The van der Waals surface area contributed by atoms with Crippen LogP contribution < -0.4 is 80.6 Å². The van der Waals surface area contributed by atoms with Crippen LogP contribution in [0.15, 0.2) is 97.2 Å². The van der Waals surface area contributed by atoms with Crippen molar-refractivity contribution in [3.05, 3.63) is 114 Å². The SMILES string of the molecule is C.CC(=O)N[C@@H](CC(C)C)C(=O)N[C@H](C(=O)N[C@@H](Cc1ccccc1)C(=O)N[C@]1(C)CCCCCC/C=C/CCC[C@@](C)(C(=O)NC(CO)C(=O)N[C@@H](C)C(=O)NC(C)C(N)=O)NC(=O)[C@H](CCC(C)C)CN[C@@H](CCC(N)=O)C(=O)C(=O)[C@H](C)NC(=O)[C@H](Cc2c[nH]c3ccccc23)NC(=O)[C@H](Cc2ccc(O)cc2)NC(=O)C(C)NC1=O)[C@@H](C)O. The molecule has 0 fully saturated rings. The summed E-state index contributed by atoms with van der Waals surface area (Å²) in [5.74, 6) is -15.8. The number of benzene rings is 3. The number of Topliss-reactive ketones (excluding diaryl/α,β-unsaturated/α-hetero) is 2. The Labute approximate surface area is 713 Å². The first-order valence-electron chi connectivity index (χ1n) is 41.4. The summed E-state index contributed by atoms with van der Waals surface area (Å²) >= 11 is 0. The van der Waals surface area contributed by atoms with E-state index in [1.165, 1.54) is 79.7 Å². The Morgan fingerprint density at radius 2 is 1.17 bits per heavy atom. The molecule has 0 bridgehead atoms. The third-order valence-corrected chi connectivity index (χ3v) is 21.1. The van der Waals surface area contributed by atoms with Crippen LogP contribution in [-0.4, -0.2) is 211 Å². The van der Waals surface area contributed by atoms with Gasteiger partial charge in [-0.3, -0.25) is 76.7 Å². The molecule has 0 radical (unpaired) electrons. The maximum Gasteiger partial charge on any atom is 0.246 e. The number of fused-ring (bicyclic) bond motifs is 1. The Bertz CT molecular complexity index is 4270. The van der Waals surface area contributed by atoms with Crippen LogP contribution in [0.5, 0.6) is 5.75 Å². The van der Waals surface area contributed by atoms with Crippen molar-refractivity contribution in [2.45, 2.75) is 283 Å². The van der Waals surface area contributed by atoms with Gasteiger partial charge in [0, 0.05) is 56.3 Å². The molecule has 35 nitrogen and oxygen atoms in total. The molecule has 14 amide bonds. The number of carbonyl (C=O) groups excluding carboxylic acids is 16. The number of ketones is 2. The number of phenols is 1. The Hall–Kier alpha value is -11.5. The second-order valence-electron chi connectivity index (χ2n) is 32.7. The molecule has 35 heteroatoms. The van der Waals surface area contributed by atoms with Crippen molar-refractivity contribution in [2.75, 3.05) is 13.2 Å². The Balaban J connectivity index is 0.0000312. The molecule has 3 aromatic carbocycles. The summed E-state index contributed by atoms with van der Waals surface area (Å²) in [6.07, 6.45) is 5.86. The van der Waals surface area contributed by atoms with Gasteiger partial charge in [-0.25, -0.2) is 0 Å². The van der Waals surface area contributed by atoms with E-state index in [1.54, 1.807) is 60.8 Å². The molecule has 4 aromatic rings. The average Bonchev–Trinajstić information content (AvgIpc) is 1.64. The zero-order valence-corrected chi connectivity index (χ0v) is 71.4. The van der Waals surface area contributed by atoms with Crippen molar-refractivity contribution in [3.63, 3.8) is 0 Å². The third kappa shape index (κ3) is 33.5. The quantitative estimate of drug-likeness (QED) is 0.0261. The third-order valence-electron chi connectivity index (χ3n) is 21.1. The molecule has 1 aliphatic heterocycles. The fraction of sp³-hybridized carbons (Fsp3) is 0.563. The topological polar surface area (TPSA) is 558 Å². The predicted octanol–water partition coefficient (Wildman–Crippen LogP) is 1.63. The fourth-order valence-electron chi connectivity index (χ4n) is 13.6. The van der Waals surface area contributed by atoms with E-state index in [0.29, 0.717) is 66.1 Å². The first-order valence-corrected chi connectivity index (χ1v) is 41.4. The molecule has 0 saturated carbocycles. The Morgan fingerprint density at radius 1 is 0.566 bits per heavy atom. The molecular weight excluding hydrogens is 1570 g/mol. The number of hydrogen-bond donors (Lipinski definition) is 19. The minimum Gasteiger partial charge on any atom is -0.508 e. The summed E-state index contributed by atoms with van der Waals surface area (Å²) in [6, 6.07) is 4.98. The number of para-hydroxylation sites is 1. The van der Waals surface area contributed by atoms with Gasteiger partial charge >= 0.3 is 0 Å². The van der Waals surface area contributed by atoms with Gasteiger partial charge < -0.3 is 101 Å². The van der Waals surface area contributed by atoms with Crippen molar-refractivity contribution >= 4 is 105 Å². The van der Waals surface area contributed by atoms with Gasteiger partial charge in [0.15, 0.2) is 0 Å². The molecular formula is C87H130N16O19. The van der Waals surface area contributed by atoms with Crippen molar-refractivity contribution in [1.82, 2.24) is 74.1 Å². The van der Waals surface area contributed by atoms with Crippen molar-refractivity contribution in [3.8, 4) is 5.75 Å². The van der Waals surface area contributed by atoms with Crippen LogP contribution in [0.3, 0.4) is 0 Å². The van der Waals surface area contributed by atoms with Crippen molar-refractivity contribution < 1.29 is 92.0 Å². The van der Waals surface area contributed by atoms with Crippen LogP contribution in [0.2, 0.25) is 0 Å². The number of amides is 14. The molecule has 2 heterocycles. The smallest absolute Gasteiger partial charge is 0.246 e. The van der Waals surface area contributed by atoms with Gasteiger partial charge in [0.05, 0.1) is 30.7 Å². The first-order chi connectivity index (χ1) is 57.0. The standard InChI is InChI=1S/C86H126N16O19.CH4/c1-48(2)31-34-58-45-90-63(37-38-69(87)107)72(109)71(108)50(5)91-77(114)67(44-59-46-89-62-30-24-23-29-61(59)62)97-78(115)65(43-57-32-35-60(106)36-33-57)96-75(112)53(8)94-83(120)85(11,102-81(118)66(42-56-27-21-20-22-28-56)98-82(119)70(54(9)104)100-79(116)64(41-49(3)4)95-55(10)105)39-25-18-16-14-13-15-17-19-26-40-86(12,101-76(58)113)84(121)99-68(47-103)80(117)93-52(7)74(111)92-51(6)73(88)110;/h15,17,20-24,27-30,32-33,35-36,46,48-54,58,63-68,70,89-90,103-104,106H,13-14,16,18-19,25-26,31,34,37-45,47H2,1-12H3,(H2,87,107)(H2,88,110)(H,91,114)(H,92,111)(H,93,117)(H,94,120)(H,95,105)(H,96,112)(H,97,115)(H,98,119)(H,99,121)(H,100,116)(H,101,113)(H,102,118);1H4/b17-15+;/t50-,51?,52-,53?,54+,58+,63-,64-,65-,66-,67-,68?,70-,85+,86-;/m0./s1. The number of aromatic hydroxyl groups is 1. The van der Waals surface area contributed by atoms with E-state index in [1.807, 2.05) is 39.8 Å². The summed E-state index contributed by atoms with van der Waals surface area (Å²) in [5.41, 5.74) is 9.25. The highest BCUT2D eigenvalue weighted by molar-refractivity contribution is 6.41. The highest BCUT2D eigenvalue weighted by Crippen LogP contribution is 2.25. The molecule has 1 aromatic heterocycles. The van der Waals surface area contributed by atoms with Crippen LogP contribution in [0.1, 0.15) is 197 Å². The number of rotatable bonds is 30. The zero-order valence-electron chi connectivity index (χ0n) is 71.4. The second-order valence-corrected chi connectivity index (χ2v) is 32.7. The number of hydrogen-bond acceptors (Lipinski definition) is 20. The number of H-pyrrole nitrogens is 1. The summed E-state index contributed by atoms with van der Waals surface area (Å²) < 4.78 is 0. The van der Waals surface area contributed by atoms with Gasteiger partial charge in [0.25, 0.3) is 0 Å². The molecule has 21 N–H and O–H groups in total. The lowest BCUT2D eigenvalue weighted by Gasteiger charge is -2.33. The van der Waals surface area contributed by atoms with Crippen LogP contribution in [0.25, 0.3) is 10.9 Å². The molecule has 1 aliphatic rings.